The number of nitrogens with one attached hydrogen (secondary N) is 1. The summed E-state index contributed by atoms with van der Waals surface area (Å²) in [4.78, 5) is 12.0. The molecule has 3 N–H and O–H groups in total. The quantitative estimate of drug-likeness (QED) is 0.835. The highest BCUT2D eigenvalue weighted by molar-refractivity contribution is 5.90. The Kier molecular flexibility index (Phi) is 6.26. The normalized spacial score (nSPS) is 17.7. The van der Waals surface area contributed by atoms with Gasteiger partial charge in [0.25, 0.3) is 0 Å². The van der Waals surface area contributed by atoms with Gasteiger partial charge < -0.3 is 15.8 Å². The maximum Gasteiger partial charge on any atom is 0.224 e. The molecule has 0 aliphatic carbocycles. The number of amides is 1. The third-order valence-corrected chi connectivity index (χ3v) is 3.45. The summed E-state index contributed by atoms with van der Waals surface area (Å²) < 4.78 is 5.63. The Hall–Kier alpha value is -1.83. The van der Waals surface area contributed by atoms with Crippen LogP contribution < -0.4 is 11.1 Å². The summed E-state index contributed by atoms with van der Waals surface area (Å²) in [6.07, 6.45) is 4.93. The number of benzene rings is 1. The van der Waals surface area contributed by atoms with Gasteiger partial charge in [-0.15, -0.1) is 0 Å². The standard InChI is InChI=1S/C17H22N2O2/c18-11-4-6-14-5-3-7-15(13-14)19-17(20)10-9-16-8-1-2-12-21-16/h3,5,7,13,16H,1-2,8-12,18H2,(H,19,20). The molecule has 1 aromatic carbocycles. The molecule has 4 heteroatoms. The Bertz CT molecular complexity index is 525. The first kappa shape index (κ1) is 15.6. The van der Waals surface area contributed by atoms with E-state index in [1.165, 1.54) is 6.42 Å². The molecule has 0 radical (unpaired) electrons. The third-order valence-electron chi connectivity index (χ3n) is 3.45. The molecule has 2 rings (SSSR count). The van der Waals surface area contributed by atoms with Crippen LogP contribution in [-0.4, -0.2) is 25.2 Å². The average molecular weight is 286 g/mol. The van der Waals surface area contributed by atoms with Crippen molar-refractivity contribution in [1.29, 1.82) is 0 Å². The van der Waals surface area contributed by atoms with Crippen LogP contribution in [0.1, 0.15) is 37.7 Å². The van der Waals surface area contributed by atoms with E-state index < -0.39 is 0 Å². The van der Waals surface area contributed by atoms with Gasteiger partial charge in [-0.05, 0) is 43.9 Å². The molecule has 1 aliphatic heterocycles. The fraction of sp³-hybridized carbons (Fsp3) is 0.471. The van der Waals surface area contributed by atoms with Crippen molar-refractivity contribution in [1.82, 2.24) is 0 Å². The van der Waals surface area contributed by atoms with Gasteiger partial charge in [0.15, 0.2) is 0 Å². The minimum Gasteiger partial charge on any atom is -0.378 e. The number of carbonyl (C=O) groups excluding carboxylic acids is 1. The van der Waals surface area contributed by atoms with E-state index in [-0.39, 0.29) is 12.0 Å². The van der Waals surface area contributed by atoms with Gasteiger partial charge >= 0.3 is 0 Å². The molecule has 1 aromatic rings. The summed E-state index contributed by atoms with van der Waals surface area (Å²) in [5, 5.41) is 2.90. The molecule has 112 valence electrons. The Morgan fingerprint density at radius 3 is 3.10 bits per heavy atom. The van der Waals surface area contributed by atoms with Crippen molar-refractivity contribution in [2.75, 3.05) is 18.5 Å². The zero-order valence-corrected chi connectivity index (χ0v) is 12.2. The van der Waals surface area contributed by atoms with Crippen molar-refractivity contribution < 1.29 is 9.53 Å². The Labute approximate surface area is 126 Å². The van der Waals surface area contributed by atoms with Crippen molar-refractivity contribution in [2.45, 2.75) is 38.2 Å². The molecule has 0 aromatic heterocycles. The van der Waals surface area contributed by atoms with E-state index in [2.05, 4.69) is 17.2 Å². The monoisotopic (exact) mass is 286 g/mol. The second-order valence-electron chi connectivity index (χ2n) is 5.16. The maximum atomic E-state index is 12.0. The summed E-state index contributed by atoms with van der Waals surface area (Å²) >= 11 is 0. The van der Waals surface area contributed by atoms with E-state index in [0.29, 0.717) is 13.0 Å². The highest BCUT2D eigenvalue weighted by Crippen LogP contribution is 2.17. The second kappa shape index (κ2) is 8.46. The van der Waals surface area contributed by atoms with Gasteiger partial charge in [-0.1, -0.05) is 17.9 Å². The molecule has 1 atom stereocenters. The number of hydrogen-bond acceptors (Lipinski definition) is 3. The molecule has 0 spiro atoms. The van der Waals surface area contributed by atoms with Gasteiger partial charge in [0.05, 0.1) is 12.6 Å². The summed E-state index contributed by atoms with van der Waals surface area (Å²) in [5.74, 6) is 5.78. The SMILES string of the molecule is NCC#Cc1cccc(NC(=O)CCC2CCCCO2)c1. The molecular formula is C17H22N2O2. The first-order valence-electron chi connectivity index (χ1n) is 7.48. The van der Waals surface area contributed by atoms with Crippen LogP contribution in [0.4, 0.5) is 5.69 Å². The highest BCUT2D eigenvalue weighted by atomic mass is 16.5. The van der Waals surface area contributed by atoms with Crippen molar-refractivity contribution >= 4 is 11.6 Å². The topological polar surface area (TPSA) is 64.3 Å². The fourth-order valence-electron chi connectivity index (χ4n) is 2.38. The summed E-state index contributed by atoms with van der Waals surface area (Å²) in [6, 6.07) is 7.49. The number of anilines is 1. The van der Waals surface area contributed by atoms with Crippen molar-refractivity contribution in [2.24, 2.45) is 5.73 Å². The molecule has 1 fully saturated rings. The van der Waals surface area contributed by atoms with E-state index in [0.717, 1.165) is 37.1 Å². The fourth-order valence-corrected chi connectivity index (χ4v) is 2.38. The zero-order chi connectivity index (χ0) is 14.9. The molecule has 0 saturated carbocycles. The second-order valence-corrected chi connectivity index (χ2v) is 5.16. The molecule has 1 unspecified atom stereocenters. The zero-order valence-electron chi connectivity index (χ0n) is 12.2. The van der Waals surface area contributed by atoms with E-state index in [4.69, 9.17) is 10.5 Å². The minimum absolute atomic E-state index is 0.0214. The van der Waals surface area contributed by atoms with E-state index in [1.54, 1.807) is 0 Å². The molecule has 0 bridgehead atoms. The molecule has 4 nitrogen and oxygen atoms in total. The Morgan fingerprint density at radius 1 is 1.43 bits per heavy atom. The lowest BCUT2D eigenvalue weighted by atomic mass is 10.0. The van der Waals surface area contributed by atoms with Crippen LogP contribution in [0.5, 0.6) is 0 Å². The first-order chi connectivity index (χ1) is 10.3. The summed E-state index contributed by atoms with van der Waals surface area (Å²) in [6.45, 7) is 1.16. The maximum absolute atomic E-state index is 12.0. The number of rotatable bonds is 4. The predicted molar refractivity (Wildman–Crippen MR) is 83.8 cm³/mol. The number of nitrogens with two attached hydrogens (primary N) is 1. The van der Waals surface area contributed by atoms with Gasteiger partial charge in [0.2, 0.25) is 5.91 Å². The van der Waals surface area contributed by atoms with Crippen molar-refractivity contribution in [3.8, 4) is 11.8 Å². The van der Waals surface area contributed by atoms with Crippen LogP contribution in [-0.2, 0) is 9.53 Å². The Morgan fingerprint density at radius 2 is 2.33 bits per heavy atom. The summed E-state index contributed by atoms with van der Waals surface area (Å²) in [7, 11) is 0. The molecule has 1 amide bonds. The third kappa shape index (κ3) is 5.58. The number of hydrogen-bond donors (Lipinski definition) is 2. The van der Waals surface area contributed by atoms with Crippen LogP contribution >= 0.6 is 0 Å². The lowest BCUT2D eigenvalue weighted by molar-refractivity contribution is -0.117. The van der Waals surface area contributed by atoms with Crippen molar-refractivity contribution in [3.05, 3.63) is 29.8 Å². The number of ether oxygens (including phenoxy) is 1. The van der Waals surface area contributed by atoms with Gasteiger partial charge in [0, 0.05) is 24.3 Å². The molecule has 1 saturated heterocycles. The molecular weight excluding hydrogens is 264 g/mol. The molecule has 1 heterocycles. The lowest BCUT2D eigenvalue weighted by Crippen LogP contribution is -2.21. The molecule has 21 heavy (non-hydrogen) atoms. The van der Waals surface area contributed by atoms with Gasteiger partial charge in [-0.2, -0.15) is 0 Å². The first-order valence-corrected chi connectivity index (χ1v) is 7.48. The van der Waals surface area contributed by atoms with E-state index in [9.17, 15) is 4.79 Å². The van der Waals surface area contributed by atoms with Crippen LogP contribution in [0.25, 0.3) is 0 Å². The van der Waals surface area contributed by atoms with E-state index in [1.807, 2.05) is 24.3 Å². The van der Waals surface area contributed by atoms with E-state index >= 15 is 0 Å². The summed E-state index contributed by atoms with van der Waals surface area (Å²) in [5.41, 5.74) is 6.98. The minimum atomic E-state index is 0.0214. The number of carbonyl (C=O) groups is 1. The molecule has 1 aliphatic rings. The largest absolute Gasteiger partial charge is 0.378 e. The average Bonchev–Trinajstić information content (AvgIpc) is 2.52. The van der Waals surface area contributed by atoms with Gasteiger partial charge in [-0.25, -0.2) is 0 Å². The van der Waals surface area contributed by atoms with Crippen LogP contribution in [0.15, 0.2) is 24.3 Å². The highest BCUT2D eigenvalue weighted by Gasteiger charge is 2.15. The van der Waals surface area contributed by atoms with Gasteiger partial charge in [-0.3, -0.25) is 4.79 Å². The Balaban J connectivity index is 1.81. The van der Waals surface area contributed by atoms with Crippen LogP contribution in [0, 0.1) is 11.8 Å². The lowest BCUT2D eigenvalue weighted by Gasteiger charge is -2.22. The van der Waals surface area contributed by atoms with Crippen LogP contribution in [0.2, 0.25) is 0 Å². The van der Waals surface area contributed by atoms with Crippen LogP contribution in [0.3, 0.4) is 0 Å². The van der Waals surface area contributed by atoms with Gasteiger partial charge in [0.1, 0.15) is 0 Å². The smallest absolute Gasteiger partial charge is 0.224 e. The van der Waals surface area contributed by atoms with Crippen molar-refractivity contribution in [3.63, 3.8) is 0 Å². The predicted octanol–water partition coefficient (Wildman–Crippen LogP) is 2.28.